The second-order valence-electron chi connectivity index (χ2n) is 4.53. The fourth-order valence-corrected chi connectivity index (χ4v) is 2.70. The van der Waals surface area contributed by atoms with Crippen LogP contribution in [0.25, 0.3) is 6.08 Å². The zero-order chi connectivity index (χ0) is 13.4. The topological polar surface area (TPSA) is 38.0 Å². The number of fused-ring (bicyclic) bond motifs is 1. The molecule has 1 aliphatic heterocycles. The molecule has 2 nitrogen and oxygen atoms in total. The first-order chi connectivity index (χ1) is 9.13. The fraction of sp³-hybridized carbons (Fsp3) is 0.0667. The lowest BCUT2D eigenvalue weighted by molar-refractivity contribution is 1.26. The number of nitrogen functional groups attached to an aromatic ring is 1. The molecule has 0 saturated carbocycles. The first-order valence-electron chi connectivity index (χ1n) is 5.93. The number of halogens is 2. The van der Waals surface area contributed by atoms with Crippen molar-refractivity contribution in [2.75, 3.05) is 11.1 Å². The molecule has 4 heteroatoms. The Morgan fingerprint density at radius 3 is 2.47 bits per heavy atom. The summed E-state index contributed by atoms with van der Waals surface area (Å²) in [6.45, 7) is 0. The first-order valence-corrected chi connectivity index (χ1v) is 6.69. The number of benzene rings is 2. The third-order valence-corrected chi connectivity index (χ3v) is 3.76. The molecular formula is C15H12Cl2N2. The van der Waals surface area contributed by atoms with Crippen molar-refractivity contribution in [3.8, 4) is 0 Å². The van der Waals surface area contributed by atoms with Crippen molar-refractivity contribution in [3.05, 3.63) is 63.3 Å². The normalized spacial score (nSPS) is 15.4. The number of hydrogen-bond acceptors (Lipinski definition) is 2. The quantitative estimate of drug-likeness (QED) is 0.754. The van der Waals surface area contributed by atoms with Crippen molar-refractivity contribution in [2.45, 2.75) is 6.42 Å². The van der Waals surface area contributed by atoms with Crippen molar-refractivity contribution in [1.29, 1.82) is 0 Å². The van der Waals surface area contributed by atoms with Gasteiger partial charge in [0.2, 0.25) is 0 Å². The molecule has 0 saturated heterocycles. The summed E-state index contributed by atoms with van der Waals surface area (Å²) in [5, 5.41) is 4.34. The van der Waals surface area contributed by atoms with E-state index in [-0.39, 0.29) is 0 Å². The molecular weight excluding hydrogens is 279 g/mol. The van der Waals surface area contributed by atoms with Crippen LogP contribution in [0.15, 0.2) is 42.1 Å². The van der Waals surface area contributed by atoms with Crippen LogP contribution in [-0.4, -0.2) is 0 Å². The van der Waals surface area contributed by atoms with Gasteiger partial charge in [-0.25, -0.2) is 0 Å². The molecule has 19 heavy (non-hydrogen) atoms. The van der Waals surface area contributed by atoms with Gasteiger partial charge in [0.15, 0.2) is 0 Å². The summed E-state index contributed by atoms with van der Waals surface area (Å²) in [5.74, 6) is 0. The molecule has 0 fully saturated rings. The SMILES string of the molecule is Nc1c(Cl)cc(/C=C2/Cc3ccccc3N2)cc1Cl. The van der Waals surface area contributed by atoms with E-state index in [4.69, 9.17) is 28.9 Å². The van der Waals surface area contributed by atoms with Crippen LogP contribution in [0.1, 0.15) is 11.1 Å². The maximum absolute atomic E-state index is 6.03. The van der Waals surface area contributed by atoms with Crippen molar-refractivity contribution >= 4 is 40.7 Å². The second kappa shape index (κ2) is 4.80. The van der Waals surface area contributed by atoms with E-state index in [1.165, 1.54) is 5.56 Å². The molecule has 0 amide bonds. The van der Waals surface area contributed by atoms with Crippen molar-refractivity contribution in [3.63, 3.8) is 0 Å². The Kier molecular flexibility index (Phi) is 3.13. The minimum atomic E-state index is 0.424. The molecule has 0 spiro atoms. The van der Waals surface area contributed by atoms with Gasteiger partial charge >= 0.3 is 0 Å². The number of hydrogen-bond donors (Lipinski definition) is 2. The highest BCUT2D eigenvalue weighted by molar-refractivity contribution is 6.39. The van der Waals surface area contributed by atoms with Crippen LogP contribution >= 0.6 is 23.2 Å². The number of para-hydroxylation sites is 1. The Morgan fingerprint density at radius 1 is 1.11 bits per heavy atom. The smallest absolute Gasteiger partial charge is 0.0693 e. The Hall–Kier alpha value is -1.64. The number of allylic oxidation sites excluding steroid dienone is 1. The lowest BCUT2D eigenvalue weighted by Crippen LogP contribution is -1.93. The fourth-order valence-electron chi connectivity index (χ4n) is 2.19. The van der Waals surface area contributed by atoms with E-state index in [1.54, 1.807) is 0 Å². The van der Waals surface area contributed by atoms with Crippen molar-refractivity contribution < 1.29 is 0 Å². The Balaban J connectivity index is 1.93. The second-order valence-corrected chi connectivity index (χ2v) is 5.34. The maximum atomic E-state index is 6.03. The predicted molar refractivity (Wildman–Crippen MR) is 82.6 cm³/mol. The Morgan fingerprint density at radius 2 is 1.79 bits per heavy atom. The van der Waals surface area contributed by atoms with E-state index >= 15 is 0 Å². The first kappa shape index (κ1) is 12.4. The molecule has 0 aliphatic carbocycles. The van der Waals surface area contributed by atoms with Gasteiger partial charge in [-0.2, -0.15) is 0 Å². The number of anilines is 2. The largest absolute Gasteiger partial charge is 0.396 e. The van der Waals surface area contributed by atoms with Gasteiger partial charge in [0.1, 0.15) is 0 Å². The van der Waals surface area contributed by atoms with Gasteiger partial charge in [0.05, 0.1) is 15.7 Å². The highest BCUT2D eigenvalue weighted by Gasteiger charge is 2.13. The number of nitrogens with one attached hydrogen (secondary N) is 1. The van der Waals surface area contributed by atoms with Crippen molar-refractivity contribution in [1.82, 2.24) is 0 Å². The predicted octanol–water partition coefficient (Wildman–Crippen LogP) is 4.58. The van der Waals surface area contributed by atoms with E-state index in [0.29, 0.717) is 15.7 Å². The summed E-state index contributed by atoms with van der Waals surface area (Å²) in [4.78, 5) is 0. The molecule has 3 N–H and O–H groups in total. The van der Waals surface area contributed by atoms with E-state index in [2.05, 4.69) is 17.4 Å². The molecule has 2 aromatic carbocycles. The summed E-state index contributed by atoms with van der Waals surface area (Å²) in [7, 11) is 0. The molecule has 0 radical (unpaired) electrons. The summed E-state index contributed by atoms with van der Waals surface area (Å²) in [6.07, 6.45) is 2.92. The van der Waals surface area contributed by atoms with Gasteiger partial charge in [-0.3, -0.25) is 0 Å². The van der Waals surface area contributed by atoms with Gasteiger partial charge in [0, 0.05) is 17.8 Å². The van der Waals surface area contributed by atoms with E-state index in [9.17, 15) is 0 Å². The average Bonchev–Trinajstić information content (AvgIpc) is 2.78. The average molecular weight is 291 g/mol. The molecule has 0 bridgehead atoms. The van der Waals surface area contributed by atoms with Crippen molar-refractivity contribution in [2.24, 2.45) is 0 Å². The molecule has 1 heterocycles. The highest BCUT2D eigenvalue weighted by atomic mass is 35.5. The molecule has 1 aliphatic rings. The van der Waals surface area contributed by atoms with Gasteiger partial charge in [-0.1, -0.05) is 41.4 Å². The summed E-state index contributed by atoms with van der Waals surface area (Å²) in [6, 6.07) is 11.9. The molecule has 3 rings (SSSR count). The Bertz CT molecular complexity index is 628. The van der Waals surface area contributed by atoms with E-state index in [0.717, 1.165) is 23.4 Å². The standard InChI is InChI=1S/C15H12Cl2N2/c16-12-6-9(7-13(17)15(12)18)5-11-8-10-3-1-2-4-14(10)19-11/h1-7,19H,8,18H2/b11-5-. The maximum Gasteiger partial charge on any atom is 0.0693 e. The molecule has 0 aromatic heterocycles. The monoisotopic (exact) mass is 290 g/mol. The highest BCUT2D eigenvalue weighted by Crippen LogP contribution is 2.32. The number of rotatable bonds is 1. The third-order valence-electron chi connectivity index (χ3n) is 3.14. The van der Waals surface area contributed by atoms with Crippen LogP contribution in [-0.2, 0) is 6.42 Å². The summed E-state index contributed by atoms with van der Waals surface area (Å²) in [5.41, 5.74) is 10.7. The van der Waals surface area contributed by atoms with Crippen LogP contribution in [0.5, 0.6) is 0 Å². The number of nitrogens with two attached hydrogens (primary N) is 1. The van der Waals surface area contributed by atoms with Crippen LogP contribution in [0.4, 0.5) is 11.4 Å². The molecule has 96 valence electrons. The van der Waals surface area contributed by atoms with Gasteiger partial charge in [0.25, 0.3) is 0 Å². The lowest BCUT2D eigenvalue weighted by Gasteiger charge is -2.04. The van der Waals surface area contributed by atoms with Crippen LogP contribution in [0.2, 0.25) is 10.0 Å². The third kappa shape index (κ3) is 2.42. The van der Waals surface area contributed by atoms with E-state index < -0.39 is 0 Å². The molecule has 0 unspecified atom stereocenters. The van der Waals surface area contributed by atoms with Gasteiger partial charge < -0.3 is 11.1 Å². The lowest BCUT2D eigenvalue weighted by atomic mass is 10.1. The molecule has 2 aromatic rings. The van der Waals surface area contributed by atoms with Crippen LogP contribution < -0.4 is 11.1 Å². The Labute approximate surface area is 121 Å². The van der Waals surface area contributed by atoms with Gasteiger partial charge in [-0.15, -0.1) is 0 Å². The van der Waals surface area contributed by atoms with Crippen LogP contribution in [0.3, 0.4) is 0 Å². The summed E-state index contributed by atoms with van der Waals surface area (Å²) >= 11 is 12.1. The van der Waals surface area contributed by atoms with Crippen LogP contribution in [0, 0.1) is 0 Å². The van der Waals surface area contributed by atoms with Gasteiger partial charge in [-0.05, 0) is 35.4 Å². The van der Waals surface area contributed by atoms with E-state index in [1.807, 2.05) is 30.3 Å². The minimum Gasteiger partial charge on any atom is -0.396 e. The summed E-state index contributed by atoms with van der Waals surface area (Å²) < 4.78 is 0. The minimum absolute atomic E-state index is 0.424. The zero-order valence-electron chi connectivity index (χ0n) is 10.1. The zero-order valence-corrected chi connectivity index (χ0v) is 11.6. The molecule has 0 atom stereocenters.